The standard InChI is InChI=1S/C23H27ClN4O3S/c24-18-3-1-4-19(15-18)25-23(31)27-10-2-9-26(12-13-27)21(29)5-6-22(30)28-11-7-20-17(16-28)8-14-32-20/h1,3-4,8,14-15H,2,5-7,9-13,16H2,(H,25,31). The zero-order valence-electron chi connectivity index (χ0n) is 17.9. The van der Waals surface area contributed by atoms with E-state index in [-0.39, 0.29) is 30.7 Å². The Morgan fingerprint density at radius 2 is 1.69 bits per heavy atom. The maximum absolute atomic E-state index is 12.7. The summed E-state index contributed by atoms with van der Waals surface area (Å²) in [5, 5.41) is 5.49. The SMILES string of the molecule is O=C(CCC(=O)N1CCc2sccc2C1)N1CCCN(C(=O)Nc2cccc(Cl)c2)CC1. The molecule has 0 bridgehead atoms. The van der Waals surface area contributed by atoms with Crippen molar-refractivity contribution in [2.75, 3.05) is 38.0 Å². The lowest BCUT2D eigenvalue weighted by molar-refractivity contribution is -0.137. The fourth-order valence-corrected chi connectivity index (χ4v) is 5.21. The molecule has 0 saturated carbocycles. The van der Waals surface area contributed by atoms with Gasteiger partial charge in [0.25, 0.3) is 0 Å². The van der Waals surface area contributed by atoms with Crippen molar-refractivity contribution in [3.05, 3.63) is 51.2 Å². The van der Waals surface area contributed by atoms with E-state index in [1.54, 1.807) is 45.4 Å². The molecule has 2 aliphatic heterocycles. The molecule has 0 unspecified atom stereocenters. The van der Waals surface area contributed by atoms with Crippen molar-refractivity contribution in [3.8, 4) is 0 Å². The van der Waals surface area contributed by atoms with Gasteiger partial charge in [0.15, 0.2) is 0 Å². The fourth-order valence-electron chi connectivity index (χ4n) is 4.13. The average Bonchev–Trinajstić information content (AvgIpc) is 3.11. The van der Waals surface area contributed by atoms with Gasteiger partial charge in [-0.05, 0) is 48.1 Å². The van der Waals surface area contributed by atoms with Crippen LogP contribution in [0.3, 0.4) is 0 Å². The van der Waals surface area contributed by atoms with Crippen molar-refractivity contribution in [3.63, 3.8) is 0 Å². The molecule has 1 aromatic carbocycles. The zero-order chi connectivity index (χ0) is 22.5. The second kappa shape index (κ2) is 10.4. The Morgan fingerprint density at radius 1 is 0.938 bits per heavy atom. The third-order valence-corrected chi connectivity index (χ3v) is 7.18. The average molecular weight is 475 g/mol. The molecule has 7 nitrogen and oxygen atoms in total. The van der Waals surface area contributed by atoms with Crippen molar-refractivity contribution >= 4 is 46.5 Å². The van der Waals surface area contributed by atoms with Gasteiger partial charge in [-0.1, -0.05) is 17.7 Å². The smallest absolute Gasteiger partial charge is 0.321 e. The van der Waals surface area contributed by atoms with E-state index in [2.05, 4.69) is 16.8 Å². The van der Waals surface area contributed by atoms with Crippen LogP contribution in [-0.2, 0) is 22.6 Å². The molecule has 2 aromatic rings. The number of urea groups is 1. The van der Waals surface area contributed by atoms with Gasteiger partial charge in [0.05, 0.1) is 0 Å². The van der Waals surface area contributed by atoms with Crippen LogP contribution in [0.5, 0.6) is 0 Å². The van der Waals surface area contributed by atoms with Crippen molar-refractivity contribution < 1.29 is 14.4 Å². The van der Waals surface area contributed by atoms with Gasteiger partial charge in [0.2, 0.25) is 11.8 Å². The number of benzene rings is 1. The minimum absolute atomic E-state index is 0.0244. The Bertz CT molecular complexity index is 995. The topological polar surface area (TPSA) is 73.0 Å². The lowest BCUT2D eigenvalue weighted by Gasteiger charge is -2.27. The van der Waals surface area contributed by atoms with Crippen LogP contribution in [0.2, 0.25) is 5.02 Å². The predicted octanol–water partition coefficient (Wildman–Crippen LogP) is 3.83. The second-order valence-electron chi connectivity index (χ2n) is 8.10. The van der Waals surface area contributed by atoms with Gasteiger partial charge in [-0.25, -0.2) is 4.79 Å². The number of carbonyl (C=O) groups excluding carboxylic acids is 3. The van der Waals surface area contributed by atoms with E-state index in [0.29, 0.717) is 49.9 Å². The summed E-state index contributed by atoms with van der Waals surface area (Å²) >= 11 is 7.72. The molecule has 1 saturated heterocycles. The number of amides is 4. The highest BCUT2D eigenvalue weighted by Crippen LogP contribution is 2.24. The highest BCUT2D eigenvalue weighted by atomic mass is 35.5. The van der Waals surface area contributed by atoms with E-state index in [1.807, 2.05) is 4.90 Å². The number of thiophene rings is 1. The summed E-state index contributed by atoms with van der Waals surface area (Å²) in [7, 11) is 0. The third-order valence-electron chi connectivity index (χ3n) is 5.92. The van der Waals surface area contributed by atoms with Crippen molar-refractivity contribution in [2.24, 2.45) is 0 Å². The van der Waals surface area contributed by atoms with E-state index in [9.17, 15) is 14.4 Å². The third kappa shape index (κ3) is 5.61. The molecule has 9 heteroatoms. The molecule has 1 N–H and O–H groups in total. The normalized spacial score (nSPS) is 16.3. The Labute approximate surface area is 196 Å². The molecular weight excluding hydrogens is 448 g/mol. The highest BCUT2D eigenvalue weighted by molar-refractivity contribution is 7.10. The quantitative estimate of drug-likeness (QED) is 0.731. The van der Waals surface area contributed by atoms with Crippen LogP contribution in [0.1, 0.15) is 29.7 Å². The fraction of sp³-hybridized carbons (Fsp3) is 0.435. The summed E-state index contributed by atoms with van der Waals surface area (Å²) in [5.41, 5.74) is 1.87. The number of rotatable bonds is 4. The van der Waals surface area contributed by atoms with Gasteiger partial charge in [0, 0.05) is 67.7 Å². The molecule has 1 fully saturated rings. The number of hydrogen-bond acceptors (Lipinski definition) is 4. The molecule has 2 aliphatic rings. The number of nitrogens with zero attached hydrogens (tertiary/aromatic N) is 3. The van der Waals surface area contributed by atoms with E-state index >= 15 is 0 Å². The molecule has 1 aromatic heterocycles. The van der Waals surface area contributed by atoms with Crippen LogP contribution in [0.15, 0.2) is 35.7 Å². The Balaban J connectivity index is 1.23. The van der Waals surface area contributed by atoms with Crippen LogP contribution < -0.4 is 5.32 Å². The predicted molar refractivity (Wildman–Crippen MR) is 126 cm³/mol. The summed E-state index contributed by atoms with van der Waals surface area (Å²) in [4.78, 5) is 44.6. The molecular formula is C23H27ClN4O3S. The molecule has 4 amide bonds. The van der Waals surface area contributed by atoms with E-state index in [1.165, 1.54) is 10.4 Å². The molecule has 0 radical (unpaired) electrons. The maximum Gasteiger partial charge on any atom is 0.321 e. The van der Waals surface area contributed by atoms with Gasteiger partial charge in [-0.3, -0.25) is 9.59 Å². The number of hydrogen-bond donors (Lipinski definition) is 1. The van der Waals surface area contributed by atoms with Crippen LogP contribution >= 0.6 is 22.9 Å². The number of nitrogens with one attached hydrogen (secondary N) is 1. The van der Waals surface area contributed by atoms with Gasteiger partial charge in [0.1, 0.15) is 0 Å². The van der Waals surface area contributed by atoms with Crippen LogP contribution in [0.4, 0.5) is 10.5 Å². The Hall–Kier alpha value is -2.58. The second-order valence-corrected chi connectivity index (χ2v) is 9.53. The van der Waals surface area contributed by atoms with E-state index in [4.69, 9.17) is 11.6 Å². The lowest BCUT2D eigenvalue weighted by Crippen LogP contribution is -2.40. The van der Waals surface area contributed by atoms with Gasteiger partial charge in [-0.2, -0.15) is 0 Å². The summed E-state index contributed by atoms with van der Waals surface area (Å²) in [6.07, 6.45) is 2.04. The van der Waals surface area contributed by atoms with Crippen LogP contribution in [0, 0.1) is 0 Å². The monoisotopic (exact) mass is 474 g/mol. The molecule has 0 spiro atoms. The number of anilines is 1. The summed E-state index contributed by atoms with van der Waals surface area (Å²) in [6.45, 7) is 3.46. The number of carbonyl (C=O) groups is 3. The Morgan fingerprint density at radius 3 is 2.50 bits per heavy atom. The summed E-state index contributed by atoms with van der Waals surface area (Å²) in [5.74, 6) is 0.0104. The zero-order valence-corrected chi connectivity index (χ0v) is 19.5. The molecule has 32 heavy (non-hydrogen) atoms. The molecule has 0 aliphatic carbocycles. The van der Waals surface area contributed by atoms with E-state index < -0.39 is 0 Å². The lowest BCUT2D eigenvalue weighted by atomic mass is 10.1. The maximum atomic E-state index is 12.7. The largest absolute Gasteiger partial charge is 0.341 e. The van der Waals surface area contributed by atoms with Crippen LogP contribution in [-0.4, -0.2) is 65.3 Å². The van der Waals surface area contributed by atoms with Gasteiger partial charge < -0.3 is 20.0 Å². The first-order valence-corrected chi connectivity index (χ1v) is 12.2. The Kier molecular flexibility index (Phi) is 7.32. The summed E-state index contributed by atoms with van der Waals surface area (Å²) < 4.78 is 0. The first-order chi connectivity index (χ1) is 15.5. The van der Waals surface area contributed by atoms with Crippen molar-refractivity contribution in [2.45, 2.75) is 32.2 Å². The molecule has 170 valence electrons. The van der Waals surface area contributed by atoms with Gasteiger partial charge in [-0.15, -0.1) is 11.3 Å². The van der Waals surface area contributed by atoms with Crippen molar-refractivity contribution in [1.29, 1.82) is 0 Å². The first-order valence-electron chi connectivity index (χ1n) is 10.9. The minimum atomic E-state index is -0.199. The first kappa shape index (κ1) is 22.6. The number of halogens is 1. The summed E-state index contributed by atoms with van der Waals surface area (Å²) in [6, 6.07) is 8.90. The molecule has 0 atom stereocenters. The van der Waals surface area contributed by atoms with Gasteiger partial charge >= 0.3 is 6.03 Å². The number of fused-ring (bicyclic) bond motifs is 1. The van der Waals surface area contributed by atoms with Crippen molar-refractivity contribution in [1.82, 2.24) is 14.7 Å². The van der Waals surface area contributed by atoms with Crippen LogP contribution in [0.25, 0.3) is 0 Å². The highest BCUT2D eigenvalue weighted by Gasteiger charge is 2.25. The molecule has 4 rings (SSSR count). The molecule has 3 heterocycles. The minimum Gasteiger partial charge on any atom is -0.341 e. The van der Waals surface area contributed by atoms with E-state index in [0.717, 1.165) is 13.0 Å².